The molecule has 2 aromatic carbocycles. The summed E-state index contributed by atoms with van der Waals surface area (Å²) in [5, 5.41) is 21.1. The number of hydrogen-bond donors (Lipinski definition) is 7. The first-order chi connectivity index (χ1) is 31.0. The van der Waals surface area contributed by atoms with Gasteiger partial charge in [-0.05, 0) is 75.5 Å². The number of amides is 7. The zero-order valence-corrected chi connectivity index (χ0v) is 38.5. The summed E-state index contributed by atoms with van der Waals surface area (Å²) in [5.74, 6) is -2.39. The van der Waals surface area contributed by atoms with E-state index in [0.29, 0.717) is 44.8 Å². The Bertz CT molecular complexity index is 2280. The first-order valence-corrected chi connectivity index (χ1v) is 24.9. The number of carbonyl (C=O) groups excluding carboxylic acids is 7. The maximum Gasteiger partial charge on any atom is 0.264 e. The Balaban J connectivity index is 0.796. The minimum absolute atomic E-state index is 0.00199. The van der Waals surface area contributed by atoms with E-state index in [2.05, 4.69) is 61.5 Å². The number of hydrogen-bond acceptors (Lipinski definition) is 15. The molecule has 5 aliphatic heterocycles. The van der Waals surface area contributed by atoms with Gasteiger partial charge in [0.25, 0.3) is 11.8 Å². The van der Waals surface area contributed by atoms with Crippen LogP contribution in [0.2, 0.25) is 0 Å². The molecule has 0 bridgehead atoms. The fourth-order valence-electron chi connectivity index (χ4n) is 9.00. The van der Waals surface area contributed by atoms with Gasteiger partial charge in [-0.2, -0.15) is 0 Å². The van der Waals surface area contributed by atoms with Crippen LogP contribution in [0.1, 0.15) is 75.9 Å². The van der Waals surface area contributed by atoms with Crippen LogP contribution < -0.4 is 37.2 Å². The number of fused-ring (bicyclic) bond motifs is 1. The highest BCUT2D eigenvalue weighted by molar-refractivity contribution is 8.00. The second kappa shape index (κ2) is 21.1. The van der Waals surface area contributed by atoms with Crippen LogP contribution in [0.4, 0.5) is 5.69 Å². The van der Waals surface area contributed by atoms with Crippen LogP contribution in [0.5, 0.6) is 0 Å². The Hall–Kier alpha value is -4.97. The minimum Gasteiger partial charge on any atom is -0.383 e. The third kappa shape index (κ3) is 11.9. The lowest BCUT2D eigenvalue weighted by molar-refractivity contribution is -0.136. The highest BCUT2D eigenvalue weighted by Crippen LogP contribution is 2.34. The Morgan fingerprint density at radius 2 is 1.69 bits per heavy atom. The average Bonchev–Trinajstić information content (AvgIpc) is 4.03. The van der Waals surface area contributed by atoms with Gasteiger partial charge in [-0.15, -0.1) is 11.8 Å². The van der Waals surface area contributed by atoms with Crippen LogP contribution in [-0.4, -0.2) is 171 Å². The number of likely N-dealkylation sites (N-methyl/N-ethyl adjacent to an activating group) is 2. The minimum atomic E-state index is -3.36. The van der Waals surface area contributed by atoms with Gasteiger partial charge in [0.15, 0.2) is 0 Å². The van der Waals surface area contributed by atoms with Crippen LogP contribution >= 0.6 is 11.8 Å². The summed E-state index contributed by atoms with van der Waals surface area (Å²) >= 11 is 1.58. The molecular weight excluding hydrogens is 879 g/mol. The second-order valence-corrected chi connectivity index (χ2v) is 20.5. The quantitative estimate of drug-likeness (QED) is 0.0900. The van der Waals surface area contributed by atoms with Crippen LogP contribution in [0.3, 0.4) is 0 Å². The summed E-state index contributed by atoms with van der Waals surface area (Å²) in [5.41, 5.74) is 2.93. The van der Waals surface area contributed by atoms with Gasteiger partial charge in [-0.3, -0.25) is 54.0 Å². The number of piperidine rings is 2. The summed E-state index contributed by atoms with van der Waals surface area (Å²) in [7, 11) is 0.508. The van der Waals surface area contributed by atoms with E-state index in [1.165, 1.54) is 9.87 Å². The molecule has 20 nitrogen and oxygen atoms in total. The van der Waals surface area contributed by atoms with Gasteiger partial charge in [0.05, 0.1) is 42.6 Å². The number of carbonyl (C=O) groups is 7. The number of nitrogens with zero attached hydrogens (tertiary/aromatic N) is 4. The fourth-order valence-corrected chi connectivity index (χ4v) is 11.0. The monoisotopic (exact) mass is 937 g/mol. The molecule has 6 unspecified atom stereocenters. The largest absolute Gasteiger partial charge is 0.383 e. The predicted molar refractivity (Wildman–Crippen MR) is 243 cm³/mol. The Morgan fingerprint density at radius 1 is 0.923 bits per heavy atom. The first-order valence-electron chi connectivity index (χ1n) is 22.0. The summed E-state index contributed by atoms with van der Waals surface area (Å²) in [4.78, 5) is 94.0. The number of imide groups is 2. The molecule has 7 rings (SSSR count). The molecule has 4 saturated heterocycles. The van der Waals surface area contributed by atoms with E-state index >= 15 is 0 Å². The van der Waals surface area contributed by atoms with Crippen molar-refractivity contribution in [2.45, 2.75) is 61.8 Å². The molecule has 0 radical (unpaired) electrons. The number of rotatable bonds is 18. The lowest BCUT2D eigenvalue weighted by atomic mass is 9.87. The van der Waals surface area contributed by atoms with Crippen molar-refractivity contribution in [2.24, 2.45) is 5.92 Å². The SMILES string of the molecule is CN(CCNC(=O)CN(C)C1CC(c2cccc(C3CSC(NC(=O)CNC(=O)C4CCN(S(C)(=O)=O)C4)N3)c2)CCN1)CCNc1cccc2c1C(=O)N(C1CCC(=O)NC1=O)C2=O. The molecule has 0 aliphatic carbocycles. The summed E-state index contributed by atoms with van der Waals surface area (Å²) in [6, 6.07) is 12.4. The summed E-state index contributed by atoms with van der Waals surface area (Å²) in [6.07, 6.45) is 3.46. The highest BCUT2D eigenvalue weighted by atomic mass is 32.2. The molecular formula is C43H59N11O9S2. The van der Waals surface area contributed by atoms with Crippen molar-refractivity contribution in [2.75, 3.05) is 90.3 Å². The van der Waals surface area contributed by atoms with Gasteiger partial charge in [-0.25, -0.2) is 12.7 Å². The molecule has 6 atom stereocenters. The topological polar surface area (TPSA) is 251 Å². The van der Waals surface area contributed by atoms with E-state index < -0.39 is 45.6 Å². The van der Waals surface area contributed by atoms with Gasteiger partial charge in [0.2, 0.25) is 39.6 Å². The molecule has 7 amide bonds. The van der Waals surface area contributed by atoms with Crippen LogP contribution in [0.15, 0.2) is 42.5 Å². The maximum absolute atomic E-state index is 13.4. The molecule has 0 aromatic heterocycles. The summed E-state index contributed by atoms with van der Waals surface area (Å²) in [6.45, 7) is 3.31. The number of sulfonamides is 1. The van der Waals surface area contributed by atoms with Crippen molar-refractivity contribution < 1.29 is 42.0 Å². The Morgan fingerprint density at radius 3 is 2.46 bits per heavy atom. The van der Waals surface area contributed by atoms with Gasteiger partial charge in [0.1, 0.15) is 11.5 Å². The zero-order valence-electron chi connectivity index (χ0n) is 36.9. The number of nitrogens with one attached hydrogen (secondary N) is 7. The van der Waals surface area contributed by atoms with Crippen molar-refractivity contribution in [3.05, 3.63) is 64.7 Å². The molecule has 5 aliphatic rings. The van der Waals surface area contributed by atoms with Crippen LogP contribution in [-0.2, 0) is 34.0 Å². The fraction of sp³-hybridized carbons (Fsp3) is 0.558. The van der Waals surface area contributed by atoms with Gasteiger partial charge in [-0.1, -0.05) is 30.3 Å². The Labute approximate surface area is 383 Å². The maximum atomic E-state index is 13.4. The number of thioether (sulfide) groups is 1. The summed E-state index contributed by atoms with van der Waals surface area (Å²) < 4.78 is 24.9. The number of benzene rings is 2. The van der Waals surface area contributed by atoms with E-state index in [4.69, 9.17) is 0 Å². The highest BCUT2D eigenvalue weighted by Gasteiger charge is 2.45. The molecule has 65 heavy (non-hydrogen) atoms. The van der Waals surface area contributed by atoms with E-state index in [0.717, 1.165) is 41.9 Å². The Kier molecular flexibility index (Phi) is 15.6. The van der Waals surface area contributed by atoms with E-state index in [1.807, 2.05) is 23.9 Å². The molecule has 4 fully saturated rings. The van der Waals surface area contributed by atoms with E-state index in [-0.39, 0.29) is 84.9 Å². The van der Waals surface area contributed by atoms with Crippen molar-refractivity contribution in [3.8, 4) is 0 Å². The van der Waals surface area contributed by atoms with Crippen molar-refractivity contribution in [1.29, 1.82) is 0 Å². The van der Waals surface area contributed by atoms with Crippen LogP contribution in [0, 0.1) is 5.92 Å². The van der Waals surface area contributed by atoms with Gasteiger partial charge < -0.3 is 31.5 Å². The predicted octanol–water partition coefficient (Wildman–Crippen LogP) is -0.852. The number of anilines is 1. The van der Waals surface area contributed by atoms with Crippen molar-refractivity contribution in [3.63, 3.8) is 0 Å². The van der Waals surface area contributed by atoms with E-state index in [1.54, 1.807) is 30.0 Å². The van der Waals surface area contributed by atoms with Gasteiger partial charge >= 0.3 is 0 Å². The van der Waals surface area contributed by atoms with Crippen molar-refractivity contribution >= 4 is 68.8 Å². The molecule has 5 heterocycles. The molecule has 22 heteroatoms. The van der Waals surface area contributed by atoms with Crippen LogP contribution in [0.25, 0.3) is 0 Å². The third-order valence-corrected chi connectivity index (χ3v) is 15.1. The molecule has 7 N–H and O–H groups in total. The smallest absolute Gasteiger partial charge is 0.264 e. The third-order valence-electron chi connectivity index (χ3n) is 12.7. The van der Waals surface area contributed by atoms with Gasteiger partial charge in [0, 0.05) is 63.2 Å². The zero-order chi connectivity index (χ0) is 46.4. The average molecular weight is 938 g/mol. The molecule has 352 valence electrons. The molecule has 0 spiro atoms. The van der Waals surface area contributed by atoms with E-state index in [9.17, 15) is 42.0 Å². The molecule has 0 saturated carbocycles. The lowest BCUT2D eigenvalue weighted by Gasteiger charge is -2.36. The van der Waals surface area contributed by atoms with Crippen molar-refractivity contribution in [1.82, 2.24) is 50.9 Å². The first kappa shape index (κ1) is 48.0. The standard InChI is InChI=1S/C43H59N11O9S2/c1-51(18-15-44-31-9-5-8-30-38(31)42(61)54(41(30)60)33-10-11-35(55)49-40(33)59)19-16-46-37(57)24-52(2)34-21-27(12-14-45-34)26-6-4-7-28(20-26)32-25-64-43(48-32)50-36(56)22-47-39(58)29-13-17-53(23-29)65(3,62)63/h4-9,20,27,29,32-34,43-45,48H,10-19,21-25H2,1-3H3,(H,46,57)(H,47,58)(H,50,56)(H,49,55,59). The second-order valence-electron chi connectivity index (χ2n) is 17.4. The normalized spacial score (nSPS) is 24.9. The molecule has 2 aromatic rings. The lowest BCUT2D eigenvalue weighted by Crippen LogP contribution is -2.54.